The van der Waals surface area contributed by atoms with Crippen molar-refractivity contribution in [1.29, 1.82) is 0 Å². The second-order valence-corrected chi connectivity index (χ2v) is 6.78. The predicted octanol–water partition coefficient (Wildman–Crippen LogP) is 6.99. The van der Waals surface area contributed by atoms with Crippen LogP contribution in [-0.2, 0) is 0 Å². The minimum absolute atomic E-state index is 0.156. The van der Waals surface area contributed by atoms with Crippen molar-refractivity contribution in [3.63, 3.8) is 0 Å². The first-order valence-corrected chi connectivity index (χ1v) is 7.97. The van der Waals surface area contributed by atoms with E-state index < -0.39 is 39.8 Å². The molecule has 0 heterocycles. The smallest absolute Gasteiger partial charge is 0.206 e. The molecule has 0 spiro atoms. The van der Waals surface area contributed by atoms with E-state index in [0.29, 0.717) is 5.56 Å². The fourth-order valence-electron chi connectivity index (χ4n) is 2.39. The molecule has 0 nitrogen and oxygen atoms in total. The predicted molar refractivity (Wildman–Crippen MR) is 83.1 cm³/mol. The fraction of sp³-hybridized carbons (Fsp3) is 0.294. The standard InChI is InChI=1S/C17H12F8S/c1-9-7-10(2)14(11-5-3-4-6-12(11)18)13(8-9)26-17(24,25)15(19,20)16(21,22)23/h3-8H,1-2H3. The molecule has 0 aliphatic carbocycles. The lowest BCUT2D eigenvalue weighted by molar-refractivity contribution is -0.330. The molecule has 9 heteroatoms. The summed E-state index contributed by atoms with van der Waals surface area (Å²) < 4.78 is 105. The van der Waals surface area contributed by atoms with Crippen LogP contribution in [0.5, 0.6) is 0 Å². The van der Waals surface area contributed by atoms with Crippen molar-refractivity contribution in [2.45, 2.75) is 36.1 Å². The summed E-state index contributed by atoms with van der Waals surface area (Å²) in [6, 6.07) is 7.52. The van der Waals surface area contributed by atoms with Gasteiger partial charge in [-0.05, 0) is 48.9 Å². The average Bonchev–Trinajstić information content (AvgIpc) is 2.46. The Morgan fingerprint density at radius 1 is 0.846 bits per heavy atom. The van der Waals surface area contributed by atoms with Crippen molar-refractivity contribution in [1.82, 2.24) is 0 Å². The van der Waals surface area contributed by atoms with E-state index >= 15 is 0 Å². The van der Waals surface area contributed by atoms with Gasteiger partial charge in [-0.25, -0.2) is 4.39 Å². The Bertz CT molecular complexity index is 811. The van der Waals surface area contributed by atoms with Crippen LogP contribution in [0.15, 0.2) is 41.3 Å². The van der Waals surface area contributed by atoms with Crippen LogP contribution >= 0.6 is 11.8 Å². The zero-order valence-electron chi connectivity index (χ0n) is 13.4. The molecule has 26 heavy (non-hydrogen) atoms. The number of benzene rings is 2. The number of halogens is 8. The number of hydrogen-bond donors (Lipinski definition) is 0. The Balaban J connectivity index is 2.63. The largest absolute Gasteiger partial charge is 0.460 e. The van der Waals surface area contributed by atoms with Gasteiger partial charge in [0.15, 0.2) is 0 Å². The minimum Gasteiger partial charge on any atom is -0.206 e. The lowest BCUT2D eigenvalue weighted by Crippen LogP contribution is -2.49. The molecule has 0 bridgehead atoms. The molecule has 2 rings (SSSR count). The van der Waals surface area contributed by atoms with Crippen LogP contribution in [0.1, 0.15) is 11.1 Å². The number of alkyl halides is 7. The molecule has 0 amide bonds. The number of thioether (sulfide) groups is 1. The van der Waals surface area contributed by atoms with Gasteiger partial charge in [0, 0.05) is 16.0 Å². The summed E-state index contributed by atoms with van der Waals surface area (Å²) in [5, 5.41) is -5.48. The van der Waals surface area contributed by atoms with Crippen LogP contribution in [0.25, 0.3) is 11.1 Å². The first kappa shape index (κ1) is 20.5. The zero-order chi connectivity index (χ0) is 19.9. The highest BCUT2D eigenvalue weighted by molar-refractivity contribution is 8.00. The first-order chi connectivity index (χ1) is 11.8. The Morgan fingerprint density at radius 3 is 1.96 bits per heavy atom. The Kier molecular flexibility index (Phi) is 5.34. The van der Waals surface area contributed by atoms with Gasteiger partial charge < -0.3 is 0 Å². The molecule has 0 N–H and O–H groups in total. The summed E-state index contributed by atoms with van der Waals surface area (Å²) in [6.07, 6.45) is -6.43. The van der Waals surface area contributed by atoms with E-state index in [4.69, 9.17) is 0 Å². The summed E-state index contributed by atoms with van der Waals surface area (Å²) >= 11 is -0.932. The molecule has 0 atom stereocenters. The quantitative estimate of drug-likeness (QED) is 0.394. The molecule has 2 aromatic rings. The maximum absolute atomic E-state index is 14.1. The van der Waals surface area contributed by atoms with Gasteiger partial charge >= 0.3 is 17.4 Å². The molecule has 0 aromatic heterocycles. The van der Waals surface area contributed by atoms with Crippen molar-refractivity contribution < 1.29 is 35.1 Å². The molecule has 142 valence electrons. The summed E-state index contributed by atoms with van der Waals surface area (Å²) in [4.78, 5) is -0.568. The van der Waals surface area contributed by atoms with Gasteiger partial charge in [0.05, 0.1) is 0 Å². The lowest BCUT2D eigenvalue weighted by atomic mass is 9.98. The van der Waals surface area contributed by atoms with E-state index in [-0.39, 0.29) is 16.7 Å². The van der Waals surface area contributed by atoms with Gasteiger partial charge in [0.1, 0.15) is 5.82 Å². The number of rotatable bonds is 4. The van der Waals surface area contributed by atoms with Crippen LogP contribution in [0.4, 0.5) is 35.1 Å². The van der Waals surface area contributed by atoms with Crippen LogP contribution < -0.4 is 0 Å². The average molecular weight is 400 g/mol. The van der Waals surface area contributed by atoms with Crippen molar-refractivity contribution in [2.75, 3.05) is 0 Å². The lowest BCUT2D eigenvalue weighted by Gasteiger charge is -2.28. The highest BCUT2D eigenvalue weighted by Gasteiger charge is 2.73. The van der Waals surface area contributed by atoms with Crippen LogP contribution in [0.3, 0.4) is 0 Å². The third-order valence-electron chi connectivity index (χ3n) is 3.55. The molecule has 0 aliphatic heterocycles. The van der Waals surface area contributed by atoms with Crippen LogP contribution in [-0.4, -0.2) is 17.4 Å². The molecule has 0 saturated carbocycles. The second kappa shape index (κ2) is 6.75. The van der Waals surface area contributed by atoms with E-state index in [0.717, 1.165) is 12.1 Å². The number of hydrogen-bond acceptors (Lipinski definition) is 1. The van der Waals surface area contributed by atoms with Crippen molar-refractivity contribution in [3.8, 4) is 11.1 Å². The van der Waals surface area contributed by atoms with E-state index in [2.05, 4.69) is 0 Å². The van der Waals surface area contributed by atoms with E-state index in [1.165, 1.54) is 38.1 Å². The van der Waals surface area contributed by atoms with E-state index in [1.807, 2.05) is 0 Å². The molecule has 0 fully saturated rings. The maximum Gasteiger partial charge on any atom is 0.460 e. The fourth-order valence-corrected chi connectivity index (χ4v) is 3.52. The topological polar surface area (TPSA) is 0 Å². The third-order valence-corrected chi connectivity index (χ3v) is 4.60. The third kappa shape index (κ3) is 3.67. The SMILES string of the molecule is Cc1cc(C)c(-c2ccccc2F)c(SC(F)(F)C(F)(F)C(F)(F)F)c1. The van der Waals surface area contributed by atoms with Gasteiger partial charge in [-0.3, -0.25) is 0 Å². The maximum atomic E-state index is 14.1. The Morgan fingerprint density at radius 2 is 1.42 bits per heavy atom. The highest BCUT2D eigenvalue weighted by Crippen LogP contribution is 2.55. The molecular weight excluding hydrogens is 388 g/mol. The summed E-state index contributed by atoms with van der Waals surface area (Å²) in [6.45, 7) is 2.89. The minimum atomic E-state index is -6.43. The molecule has 0 unspecified atom stereocenters. The van der Waals surface area contributed by atoms with Gasteiger partial charge in [0.2, 0.25) is 0 Å². The van der Waals surface area contributed by atoms with Gasteiger partial charge in [-0.2, -0.15) is 30.7 Å². The molecule has 0 aliphatic rings. The number of aryl methyl sites for hydroxylation is 2. The zero-order valence-corrected chi connectivity index (χ0v) is 14.2. The van der Waals surface area contributed by atoms with E-state index in [9.17, 15) is 35.1 Å². The van der Waals surface area contributed by atoms with Gasteiger partial charge in [-0.15, -0.1) is 0 Å². The molecule has 0 radical (unpaired) electrons. The molecule has 0 saturated heterocycles. The van der Waals surface area contributed by atoms with Gasteiger partial charge in [0.25, 0.3) is 0 Å². The van der Waals surface area contributed by atoms with Crippen LogP contribution in [0.2, 0.25) is 0 Å². The summed E-state index contributed by atoms with van der Waals surface area (Å²) in [7, 11) is 0. The highest BCUT2D eigenvalue weighted by atomic mass is 32.2. The summed E-state index contributed by atoms with van der Waals surface area (Å²) in [5.41, 5.74) is 0.301. The Labute approximate surface area is 148 Å². The van der Waals surface area contributed by atoms with Crippen molar-refractivity contribution >= 4 is 11.8 Å². The normalized spacial score (nSPS) is 13.2. The van der Waals surface area contributed by atoms with Crippen molar-refractivity contribution in [3.05, 3.63) is 53.3 Å². The van der Waals surface area contributed by atoms with Crippen molar-refractivity contribution in [2.24, 2.45) is 0 Å². The first-order valence-electron chi connectivity index (χ1n) is 7.15. The van der Waals surface area contributed by atoms with Crippen LogP contribution in [0, 0.1) is 19.7 Å². The second-order valence-electron chi connectivity index (χ2n) is 5.63. The molecular formula is C17H12F8S. The van der Waals surface area contributed by atoms with E-state index in [1.54, 1.807) is 0 Å². The summed E-state index contributed by atoms with van der Waals surface area (Å²) in [5.74, 6) is -7.07. The molecule has 2 aromatic carbocycles. The van der Waals surface area contributed by atoms with Gasteiger partial charge in [-0.1, -0.05) is 24.3 Å². The monoisotopic (exact) mass is 400 g/mol. The Hall–Kier alpha value is -1.77.